The van der Waals surface area contributed by atoms with Crippen molar-refractivity contribution in [3.63, 3.8) is 0 Å². The molecule has 0 radical (unpaired) electrons. The number of aromatic hydroxyl groups is 2. The summed E-state index contributed by atoms with van der Waals surface area (Å²) in [6.45, 7) is 3.92. The van der Waals surface area contributed by atoms with Crippen LogP contribution in [-0.2, 0) is 6.42 Å². The summed E-state index contributed by atoms with van der Waals surface area (Å²) in [5, 5.41) is 30.2. The number of hydrogen-bond donors (Lipinski definition) is 3. The molecule has 0 saturated heterocycles. The highest BCUT2D eigenvalue weighted by Gasteiger charge is 2.42. The van der Waals surface area contributed by atoms with Crippen molar-refractivity contribution in [1.82, 2.24) is 0 Å². The van der Waals surface area contributed by atoms with E-state index in [0.717, 1.165) is 12.0 Å². The molecule has 2 unspecified atom stereocenters. The first-order chi connectivity index (χ1) is 12.3. The number of fused-ring (bicyclic) bond motifs is 3. The molecular weight excluding hydrogens is 336 g/mol. The summed E-state index contributed by atoms with van der Waals surface area (Å²) >= 11 is 0. The maximum atomic E-state index is 12.7. The Hall–Kier alpha value is -2.73. The summed E-state index contributed by atoms with van der Waals surface area (Å²) in [5.41, 5.74) is 0.904. The highest BCUT2D eigenvalue weighted by Crippen LogP contribution is 2.48. The second-order valence-corrected chi connectivity index (χ2v) is 7.38. The minimum atomic E-state index is -1.45. The van der Waals surface area contributed by atoms with Gasteiger partial charge in [0.1, 0.15) is 34.2 Å². The Labute approximate surface area is 150 Å². The highest BCUT2D eigenvalue weighted by atomic mass is 16.5. The van der Waals surface area contributed by atoms with Crippen molar-refractivity contribution < 1.29 is 29.6 Å². The summed E-state index contributed by atoms with van der Waals surface area (Å²) in [7, 11) is 0. The molecule has 0 amide bonds. The lowest BCUT2D eigenvalue weighted by Gasteiger charge is -2.37. The van der Waals surface area contributed by atoms with Crippen molar-refractivity contribution in [1.29, 1.82) is 0 Å². The Kier molecular flexibility index (Phi) is 3.63. The molecule has 6 nitrogen and oxygen atoms in total. The number of rotatable bonds is 1. The zero-order valence-electron chi connectivity index (χ0n) is 14.5. The topological polar surface area (TPSA) is 96.2 Å². The first-order valence-electron chi connectivity index (χ1n) is 8.52. The maximum absolute atomic E-state index is 12.7. The van der Waals surface area contributed by atoms with Crippen molar-refractivity contribution in [3.05, 3.63) is 47.0 Å². The van der Waals surface area contributed by atoms with E-state index < -0.39 is 18.0 Å². The smallest absolute Gasteiger partial charge is 0.202 e. The van der Waals surface area contributed by atoms with Crippen LogP contribution >= 0.6 is 0 Å². The quantitative estimate of drug-likeness (QED) is 0.727. The molecule has 2 aromatic rings. The fraction of sp³-hybridized carbons (Fsp3) is 0.350. The van der Waals surface area contributed by atoms with E-state index in [1.54, 1.807) is 12.1 Å². The number of hydrogen-bond acceptors (Lipinski definition) is 6. The van der Waals surface area contributed by atoms with E-state index in [4.69, 9.17) is 9.47 Å². The van der Waals surface area contributed by atoms with E-state index in [0.29, 0.717) is 17.7 Å². The van der Waals surface area contributed by atoms with Gasteiger partial charge in [0.2, 0.25) is 5.78 Å². The first-order valence-corrected chi connectivity index (χ1v) is 8.52. The third-order valence-corrected chi connectivity index (χ3v) is 4.95. The van der Waals surface area contributed by atoms with Crippen LogP contribution in [0, 0.1) is 0 Å². The Balaban J connectivity index is 1.83. The summed E-state index contributed by atoms with van der Waals surface area (Å²) < 4.78 is 11.9. The van der Waals surface area contributed by atoms with Crippen molar-refractivity contribution in [3.8, 4) is 23.0 Å². The number of ketones is 1. The van der Waals surface area contributed by atoms with Gasteiger partial charge in [-0.3, -0.25) is 4.79 Å². The molecule has 0 saturated carbocycles. The molecule has 0 bridgehead atoms. The van der Waals surface area contributed by atoms with Gasteiger partial charge in [0.05, 0.1) is 0 Å². The van der Waals surface area contributed by atoms with Crippen LogP contribution in [-0.4, -0.2) is 32.8 Å². The third kappa shape index (κ3) is 2.57. The fourth-order valence-electron chi connectivity index (χ4n) is 3.52. The molecule has 2 heterocycles. The number of Topliss-reactive ketones (excluding diaryl/α,β-unsaturated/α-hetero) is 1. The minimum Gasteiger partial charge on any atom is -0.508 e. The number of phenols is 2. The lowest BCUT2D eigenvalue weighted by atomic mass is 9.87. The van der Waals surface area contributed by atoms with Crippen LogP contribution in [0.5, 0.6) is 23.0 Å². The van der Waals surface area contributed by atoms with E-state index in [9.17, 15) is 20.1 Å². The van der Waals surface area contributed by atoms with E-state index in [2.05, 4.69) is 0 Å². The molecule has 2 atom stereocenters. The number of ether oxygens (including phenoxy) is 2. The van der Waals surface area contributed by atoms with Crippen LogP contribution in [0.3, 0.4) is 0 Å². The van der Waals surface area contributed by atoms with Gasteiger partial charge in [0.15, 0.2) is 12.2 Å². The molecule has 0 aromatic heterocycles. The van der Waals surface area contributed by atoms with Gasteiger partial charge in [0, 0.05) is 11.6 Å². The molecular formula is C20H20O6. The summed E-state index contributed by atoms with van der Waals surface area (Å²) in [5.74, 6) is -0.00873. The van der Waals surface area contributed by atoms with Gasteiger partial charge in [-0.05, 0) is 44.4 Å². The molecule has 3 N–H and O–H groups in total. The van der Waals surface area contributed by atoms with E-state index in [-0.39, 0.29) is 28.4 Å². The van der Waals surface area contributed by atoms with E-state index >= 15 is 0 Å². The van der Waals surface area contributed by atoms with Gasteiger partial charge in [0.25, 0.3) is 0 Å². The van der Waals surface area contributed by atoms with Crippen LogP contribution in [0.4, 0.5) is 0 Å². The molecule has 4 rings (SSSR count). The van der Waals surface area contributed by atoms with Gasteiger partial charge in [-0.25, -0.2) is 0 Å². The highest BCUT2D eigenvalue weighted by molar-refractivity contribution is 6.06. The number of aliphatic hydroxyl groups is 1. The van der Waals surface area contributed by atoms with Crippen LogP contribution in [0.1, 0.15) is 47.9 Å². The molecule has 2 aromatic carbocycles. The van der Waals surface area contributed by atoms with Gasteiger partial charge < -0.3 is 24.8 Å². The molecule has 6 heteroatoms. The SMILES string of the molecule is CC1(C)CCc2c(cc(O)c3c2OC(c2ccc(O)cc2)C(O)C3=O)O1. The molecule has 0 aliphatic carbocycles. The van der Waals surface area contributed by atoms with Crippen molar-refractivity contribution in [2.24, 2.45) is 0 Å². The average Bonchev–Trinajstić information content (AvgIpc) is 2.57. The standard InChI is InChI=1S/C20H20O6/c1-20(2)8-7-12-14(26-20)9-13(22)15-16(23)17(24)18(25-19(12)15)10-3-5-11(21)6-4-10/h3-6,9,17-18,21-22,24H,7-8H2,1-2H3. The number of phenolic OH excluding ortho intramolecular Hbond substituents is 2. The van der Waals surface area contributed by atoms with Gasteiger partial charge >= 0.3 is 0 Å². The van der Waals surface area contributed by atoms with Crippen molar-refractivity contribution >= 4 is 5.78 Å². The number of benzene rings is 2. The summed E-state index contributed by atoms with van der Waals surface area (Å²) in [6.07, 6.45) is -0.994. The number of carbonyl (C=O) groups is 1. The van der Waals surface area contributed by atoms with Crippen LogP contribution < -0.4 is 9.47 Å². The Bertz CT molecular complexity index is 884. The monoisotopic (exact) mass is 356 g/mol. The van der Waals surface area contributed by atoms with E-state index in [1.807, 2.05) is 13.8 Å². The Morgan fingerprint density at radius 2 is 1.85 bits per heavy atom. The van der Waals surface area contributed by atoms with Crippen LogP contribution in [0.15, 0.2) is 30.3 Å². The second kappa shape index (κ2) is 5.64. The second-order valence-electron chi connectivity index (χ2n) is 7.38. The number of carbonyl (C=O) groups excluding carboxylic acids is 1. The van der Waals surface area contributed by atoms with Gasteiger partial charge in [-0.15, -0.1) is 0 Å². The fourth-order valence-corrected chi connectivity index (χ4v) is 3.52. The molecule has 2 aliphatic heterocycles. The third-order valence-electron chi connectivity index (χ3n) is 4.95. The largest absolute Gasteiger partial charge is 0.508 e. The van der Waals surface area contributed by atoms with Gasteiger partial charge in [-0.1, -0.05) is 12.1 Å². The predicted octanol–water partition coefficient (Wildman–Crippen LogP) is 2.88. The predicted molar refractivity (Wildman–Crippen MR) is 92.9 cm³/mol. The maximum Gasteiger partial charge on any atom is 0.202 e. The minimum absolute atomic E-state index is 0.00501. The summed E-state index contributed by atoms with van der Waals surface area (Å²) in [6, 6.07) is 7.54. The normalized spacial score (nSPS) is 23.4. The molecule has 0 fully saturated rings. The lowest BCUT2D eigenvalue weighted by Crippen LogP contribution is -2.38. The lowest BCUT2D eigenvalue weighted by molar-refractivity contribution is 0.0191. The van der Waals surface area contributed by atoms with Crippen molar-refractivity contribution in [2.45, 2.75) is 44.5 Å². The first kappa shape index (κ1) is 16.7. The molecule has 26 heavy (non-hydrogen) atoms. The Morgan fingerprint density at radius 3 is 2.54 bits per heavy atom. The Morgan fingerprint density at radius 1 is 1.15 bits per heavy atom. The molecule has 0 spiro atoms. The molecule has 136 valence electrons. The summed E-state index contributed by atoms with van der Waals surface area (Å²) in [4.78, 5) is 12.7. The van der Waals surface area contributed by atoms with Crippen LogP contribution in [0.25, 0.3) is 0 Å². The van der Waals surface area contributed by atoms with E-state index in [1.165, 1.54) is 18.2 Å². The zero-order chi connectivity index (χ0) is 18.6. The molecule has 2 aliphatic rings. The average molecular weight is 356 g/mol. The van der Waals surface area contributed by atoms with Crippen molar-refractivity contribution in [2.75, 3.05) is 0 Å². The zero-order valence-corrected chi connectivity index (χ0v) is 14.5. The van der Waals surface area contributed by atoms with Gasteiger partial charge in [-0.2, -0.15) is 0 Å². The number of aliphatic hydroxyl groups excluding tert-OH is 1. The van der Waals surface area contributed by atoms with Crippen LogP contribution in [0.2, 0.25) is 0 Å².